The molecule has 0 aromatic heterocycles. The molecule has 1 aliphatic rings. The van der Waals surface area contributed by atoms with Crippen molar-refractivity contribution in [2.45, 2.75) is 25.4 Å². The van der Waals surface area contributed by atoms with Crippen molar-refractivity contribution in [1.82, 2.24) is 0 Å². The Morgan fingerprint density at radius 2 is 1.78 bits per heavy atom. The van der Waals surface area contributed by atoms with Crippen molar-refractivity contribution in [3.8, 4) is 11.8 Å². The van der Waals surface area contributed by atoms with E-state index in [1.807, 2.05) is 48.5 Å². The number of rotatable bonds is 4. The Morgan fingerprint density at radius 1 is 1.09 bits per heavy atom. The molecule has 0 aliphatic heterocycles. The minimum Gasteiger partial charge on any atom is -0.457 e. The van der Waals surface area contributed by atoms with Crippen molar-refractivity contribution in [3.63, 3.8) is 0 Å². The van der Waals surface area contributed by atoms with Crippen LogP contribution in [0.3, 0.4) is 0 Å². The normalized spacial score (nSPS) is 15.0. The summed E-state index contributed by atoms with van der Waals surface area (Å²) in [4.78, 5) is 22.4. The summed E-state index contributed by atoms with van der Waals surface area (Å²) in [6.07, 6.45) is 1.21. The van der Waals surface area contributed by atoms with Gasteiger partial charge in [0.2, 0.25) is 0 Å². The lowest BCUT2D eigenvalue weighted by molar-refractivity contribution is -0.150. The predicted molar refractivity (Wildman–Crippen MR) is 86.7 cm³/mol. The Kier molecular flexibility index (Phi) is 4.54. The highest BCUT2D eigenvalue weighted by atomic mass is 16.5. The summed E-state index contributed by atoms with van der Waals surface area (Å²) in [5.74, 6) is 6.00. The first-order valence-electron chi connectivity index (χ1n) is 7.60. The third kappa shape index (κ3) is 3.49. The van der Waals surface area contributed by atoms with Gasteiger partial charge in [-0.25, -0.2) is 0 Å². The van der Waals surface area contributed by atoms with E-state index in [0.29, 0.717) is 6.42 Å². The second-order valence-electron chi connectivity index (χ2n) is 5.38. The summed E-state index contributed by atoms with van der Waals surface area (Å²) in [7, 11) is 0. The van der Waals surface area contributed by atoms with Crippen molar-refractivity contribution >= 4 is 12.3 Å². The minimum atomic E-state index is -0.388. The van der Waals surface area contributed by atoms with Gasteiger partial charge in [0, 0.05) is 29.5 Å². The second-order valence-corrected chi connectivity index (χ2v) is 5.38. The van der Waals surface area contributed by atoms with Crippen molar-refractivity contribution in [3.05, 3.63) is 70.8 Å². The SMILES string of the molecule is O=CCCC(=O)OC1Cc2ccccc2C#Cc2ccccc21. The van der Waals surface area contributed by atoms with Gasteiger partial charge in [0.1, 0.15) is 12.4 Å². The first-order valence-corrected chi connectivity index (χ1v) is 7.60. The lowest BCUT2D eigenvalue weighted by atomic mass is 9.92. The van der Waals surface area contributed by atoms with Crippen LogP contribution in [-0.4, -0.2) is 12.3 Å². The van der Waals surface area contributed by atoms with Crippen LogP contribution in [0.1, 0.15) is 41.2 Å². The molecule has 0 spiro atoms. The maximum Gasteiger partial charge on any atom is 0.306 e. The zero-order valence-corrected chi connectivity index (χ0v) is 12.6. The Balaban J connectivity index is 1.97. The number of ether oxygens (including phenoxy) is 1. The number of carbonyl (C=O) groups excluding carboxylic acids is 2. The molecule has 0 saturated heterocycles. The van der Waals surface area contributed by atoms with Gasteiger partial charge in [-0.2, -0.15) is 0 Å². The molecule has 2 aromatic rings. The summed E-state index contributed by atoms with van der Waals surface area (Å²) < 4.78 is 5.65. The van der Waals surface area contributed by atoms with E-state index in [1.165, 1.54) is 0 Å². The van der Waals surface area contributed by atoms with Crippen LogP contribution in [0.25, 0.3) is 0 Å². The molecule has 114 valence electrons. The molecule has 0 bridgehead atoms. The van der Waals surface area contributed by atoms with Crippen LogP contribution < -0.4 is 0 Å². The summed E-state index contributed by atoms with van der Waals surface area (Å²) in [5, 5.41) is 0. The molecular weight excluding hydrogens is 288 g/mol. The van der Waals surface area contributed by atoms with Crippen molar-refractivity contribution in [2.24, 2.45) is 0 Å². The number of benzene rings is 2. The zero-order valence-electron chi connectivity index (χ0n) is 12.6. The van der Waals surface area contributed by atoms with E-state index in [1.54, 1.807) is 0 Å². The molecule has 0 amide bonds. The van der Waals surface area contributed by atoms with Gasteiger partial charge in [0.25, 0.3) is 0 Å². The molecule has 0 radical (unpaired) electrons. The van der Waals surface area contributed by atoms with E-state index in [9.17, 15) is 9.59 Å². The highest BCUT2D eigenvalue weighted by Gasteiger charge is 2.22. The molecule has 3 rings (SSSR count). The monoisotopic (exact) mass is 304 g/mol. The average molecular weight is 304 g/mol. The van der Waals surface area contributed by atoms with Crippen LogP contribution in [0, 0.1) is 11.8 Å². The molecule has 1 unspecified atom stereocenters. The first-order chi connectivity index (χ1) is 11.3. The van der Waals surface area contributed by atoms with Gasteiger partial charge < -0.3 is 9.53 Å². The van der Waals surface area contributed by atoms with E-state index in [4.69, 9.17) is 4.74 Å². The van der Waals surface area contributed by atoms with Crippen LogP contribution >= 0.6 is 0 Å². The van der Waals surface area contributed by atoms with Crippen LogP contribution in [0.4, 0.5) is 0 Å². The fourth-order valence-electron chi connectivity index (χ4n) is 2.66. The van der Waals surface area contributed by atoms with E-state index >= 15 is 0 Å². The number of hydrogen-bond donors (Lipinski definition) is 0. The summed E-state index contributed by atoms with van der Waals surface area (Å²) in [5.41, 5.74) is 3.79. The smallest absolute Gasteiger partial charge is 0.306 e. The fraction of sp³-hybridized carbons (Fsp3) is 0.200. The number of esters is 1. The van der Waals surface area contributed by atoms with Gasteiger partial charge in [-0.1, -0.05) is 48.2 Å². The molecule has 1 aliphatic carbocycles. The minimum absolute atomic E-state index is 0.107. The van der Waals surface area contributed by atoms with Crippen LogP contribution in [0.15, 0.2) is 48.5 Å². The molecule has 0 saturated carbocycles. The summed E-state index contributed by atoms with van der Waals surface area (Å²) in [6, 6.07) is 15.6. The van der Waals surface area contributed by atoms with Crippen molar-refractivity contribution in [2.75, 3.05) is 0 Å². The Hall–Kier alpha value is -2.86. The molecule has 0 fully saturated rings. The maximum atomic E-state index is 12.0. The third-order valence-electron chi connectivity index (χ3n) is 3.80. The second kappa shape index (κ2) is 6.93. The first kappa shape index (κ1) is 15.1. The topological polar surface area (TPSA) is 43.4 Å². The van der Waals surface area contributed by atoms with E-state index in [0.717, 1.165) is 28.5 Å². The highest BCUT2D eigenvalue weighted by molar-refractivity contribution is 5.73. The van der Waals surface area contributed by atoms with E-state index < -0.39 is 0 Å². The number of carbonyl (C=O) groups is 2. The third-order valence-corrected chi connectivity index (χ3v) is 3.80. The Labute approximate surface area is 135 Å². The fourth-order valence-corrected chi connectivity index (χ4v) is 2.66. The number of fused-ring (bicyclic) bond motifs is 2. The quantitative estimate of drug-likeness (QED) is 0.495. The molecule has 0 N–H and O–H groups in total. The lowest BCUT2D eigenvalue weighted by Gasteiger charge is -2.21. The number of hydrogen-bond acceptors (Lipinski definition) is 3. The van der Waals surface area contributed by atoms with Crippen molar-refractivity contribution in [1.29, 1.82) is 0 Å². The van der Waals surface area contributed by atoms with Gasteiger partial charge in [-0.3, -0.25) is 4.79 Å². The van der Waals surface area contributed by atoms with Gasteiger partial charge in [-0.15, -0.1) is 0 Å². The largest absolute Gasteiger partial charge is 0.457 e. The van der Waals surface area contributed by atoms with Gasteiger partial charge >= 0.3 is 5.97 Å². The van der Waals surface area contributed by atoms with E-state index in [-0.39, 0.29) is 24.9 Å². The van der Waals surface area contributed by atoms with Crippen molar-refractivity contribution < 1.29 is 14.3 Å². The highest BCUT2D eigenvalue weighted by Crippen LogP contribution is 2.28. The summed E-state index contributed by atoms with van der Waals surface area (Å²) >= 11 is 0. The van der Waals surface area contributed by atoms with Crippen LogP contribution in [0.5, 0.6) is 0 Å². The molecule has 3 heteroatoms. The molecule has 1 atom stereocenters. The molecule has 3 nitrogen and oxygen atoms in total. The Morgan fingerprint density at radius 3 is 2.61 bits per heavy atom. The average Bonchev–Trinajstić information content (AvgIpc) is 2.57. The molecular formula is C20H16O3. The molecule has 23 heavy (non-hydrogen) atoms. The van der Waals surface area contributed by atoms with E-state index in [2.05, 4.69) is 11.8 Å². The van der Waals surface area contributed by atoms with Crippen LogP contribution in [-0.2, 0) is 20.7 Å². The van der Waals surface area contributed by atoms with Crippen LogP contribution in [0.2, 0.25) is 0 Å². The molecule has 0 heterocycles. The lowest BCUT2D eigenvalue weighted by Crippen LogP contribution is -2.16. The van der Waals surface area contributed by atoms with Gasteiger partial charge in [-0.05, 0) is 17.7 Å². The maximum absolute atomic E-state index is 12.0. The predicted octanol–water partition coefficient (Wildman–Crippen LogP) is 3.21. The molecule has 2 aromatic carbocycles. The van der Waals surface area contributed by atoms with Gasteiger partial charge in [0.15, 0.2) is 0 Å². The standard InChI is InChI=1S/C20H16O3/c21-13-5-10-20(22)23-19-14-17-8-2-1-6-15(17)11-12-16-7-3-4-9-18(16)19/h1-4,6-9,13,19H,5,10,14H2. The zero-order chi connectivity index (χ0) is 16.1. The number of aldehydes is 1. The summed E-state index contributed by atoms with van der Waals surface area (Å²) in [6.45, 7) is 0. The van der Waals surface area contributed by atoms with Gasteiger partial charge in [0.05, 0.1) is 6.42 Å². The Bertz CT molecular complexity index is 796.